The van der Waals surface area contributed by atoms with E-state index < -0.39 is 0 Å². The van der Waals surface area contributed by atoms with Crippen LogP contribution in [-0.4, -0.2) is 35.2 Å². The van der Waals surface area contributed by atoms with E-state index in [9.17, 15) is 4.79 Å². The van der Waals surface area contributed by atoms with Gasteiger partial charge in [0.2, 0.25) is 0 Å². The van der Waals surface area contributed by atoms with Crippen LogP contribution in [0, 0.1) is 13.8 Å². The summed E-state index contributed by atoms with van der Waals surface area (Å²) in [5.74, 6) is 1.03. The molecule has 3 rings (SSSR count). The molecule has 0 aliphatic rings. The van der Waals surface area contributed by atoms with E-state index in [0.29, 0.717) is 19.8 Å². The summed E-state index contributed by atoms with van der Waals surface area (Å²) in [6.07, 6.45) is 1.66. The molecule has 0 radical (unpaired) electrons. The van der Waals surface area contributed by atoms with Crippen LogP contribution in [0.5, 0.6) is 0 Å². The van der Waals surface area contributed by atoms with E-state index in [1.165, 1.54) is 5.56 Å². The lowest BCUT2D eigenvalue weighted by Gasteiger charge is -2.10. The van der Waals surface area contributed by atoms with Crippen molar-refractivity contribution in [3.8, 4) is 0 Å². The van der Waals surface area contributed by atoms with Gasteiger partial charge in [0.05, 0.1) is 17.6 Å². The summed E-state index contributed by atoms with van der Waals surface area (Å²) >= 11 is 0. The van der Waals surface area contributed by atoms with E-state index >= 15 is 0 Å². The third-order valence-electron chi connectivity index (χ3n) is 4.89. The van der Waals surface area contributed by atoms with Crippen LogP contribution in [0.1, 0.15) is 40.7 Å². The predicted molar refractivity (Wildman–Crippen MR) is 113 cm³/mol. The minimum absolute atomic E-state index is 0.0117. The summed E-state index contributed by atoms with van der Waals surface area (Å²) in [5, 5.41) is 3.03. The zero-order chi connectivity index (χ0) is 19.9. The van der Waals surface area contributed by atoms with Crippen LogP contribution in [0.15, 0.2) is 42.5 Å². The van der Waals surface area contributed by atoms with Gasteiger partial charge in [0.25, 0.3) is 5.91 Å². The van der Waals surface area contributed by atoms with Crippen LogP contribution in [0.25, 0.3) is 11.0 Å². The lowest BCUT2D eigenvalue weighted by molar-refractivity contribution is 0.0952. The molecule has 1 heterocycles. The molecule has 1 N–H and O–H groups in total. The SMILES string of the molecule is CCOCCn1c(CCCNC(=O)c2ccc(C)cc2C)nc2ccccc21. The number of carbonyl (C=O) groups excluding carboxylic acids is 1. The Morgan fingerprint density at radius 2 is 2.00 bits per heavy atom. The monoisotopic (exact) mass is 379 g/mol. The zero-order valence-electron chi connectivity index (χ0n) is 17.0. The van der Waals surface area contributed by atoms with Crippen LogP contribution in [-0.2, 0) is 17.7 Å². The highest BCUT2D eigenvalue weighted by molar-refractivity contribution is 5.95. The molecule has 0 aliphatic heterocycles. The molecule has 0 unspecified atom stereocenters. The summed E-state index contributed by atoms with van der Waals surface area (Å²) in [5.41, 5.74) is 5.06. The van der Waals surface area contributed by atoms with Gasteiger partial charge in [0.1, 0.15) is 5.82 Å². The number of aryl methyl sites for hydroxylation is 3. The molecule has 0 bridgehead atoms. The van der Waals surface area contributed by atoms with Crippen LogP contribution >= 0.6 is 0 Å². The Labute approximate surface area is 166 Å². The van der Waals surface area contributed by atoms with Crippen molar-refractivity contribution >= 4 is 16.9 Å². The topological polar surface area (TPSA) is 56.1 Å². The fourth-order valence-electron chi connectivity index (χ4n) is 3.48. The first-order valence-electron chi connectivity index (χ1n) is 9.97. The number of para-hydroxylation sites is 2. The van der Waals surface area contributed by atoms with Crippen molar-refractivity contribution in [2.24, 2.45) is 0 Å². The summed E-state index contributed by atoms with van der Waals surface area (Å²) < 4.78 is 7.76. The molecule has 0 spiro atoms. The molecule has 28 heavy (non-hydrogen) atoms. The van der Waals surface area contributed by atoms with Crippen molar-refractivity contribution < 1.29 is 9.53 Å². The number of nitrogens with one attached hydrogen (secondary N) is 1. The number of imidazole rings is 1. The largest absolute Gasteiger partial charge is 0.380 e. The van der Waals surface area contributed by atoms with Crippen molar-refractivity contribution in [3.05, 3.63) is 65.0 Å². The molecule has 0 atom stereocenters. The number of nitrogens with zero attached hydrogens (tertiary/aromatic N) is 2. The average molecular weight is 380 g/mol. The van der Waals surface area contributed by atoms with E-state index in [4.69, 9.17) is 9.72 Å². The highest BCUT2D eigenvalue weighted by atomic mass is 16.5. The Morgan fingerprint density at radius 3 is 2.79 bits per heavy atom. The molecule has 0 saturated heterocycles. The minimum Gasteiger partial charge on any atom is -0.380 e. The molecule has 5 nitrogen and oxygen atoms in total. The summed E-state index contributed by atoms with van der Waals surface area (Å²) in [6.45, 7) is 8.82. The molecule has 0 fully saturated rings. The maximum absolute atomic E-state index is 12.4. The number of rotatable bonds is 9. The quantitative estimate of drug-likeness (QED) is 0.571. The first-order valence-corrected chi connectivity index (χ1v) is 9.97. The Kier molecular flexibility index (Phi) is 6.82. The zero-order valence-corrected chi connectivity index (χ0v) is 17.0. The van der Waals surface area contributed by atoms with Gasteiger partial charge in [-0.3, -0.25) is 4.79 Å². The number of aromatic nitrogens is 2. The number of amides is 1. The summed E-state index contributed by atoms with van der Waals surface area (Å²) in [4.78, 5) is 17.2. The van der Waals surface area contributed by atoms with Crippen LogP contribution in [0.4, 0.5) is 0 Å². The van der Waals surface area contributed by atoms with E-state index in [2.05, 4.69) is 16.0 Å². The second-order valence-electron chi connectivity index (χ2n) is 7.04. The third kappa shape index (κ3) is 4.78. The van der Waals surface area contributed by atoms with Gasteiger partial charge in [-0.15, -0.1) is 0 Å². The predicted octanol–water partition coefficient (Wildman–Crippen LogP) is 4.05. The van der Waals surface area contributed by atoms with Crippen LogP contribution < -0.4 is 5.32 Å². The number of fused-ring (bicyclic) bond motifs is 1. The third-order valence-corrected chi connectivity index (χ3v) is 4.89. The smallest absolute Gasteiger partial charge is 0.251 e. The highest BCUT2D eigenvalue weighted by Crippen LogP contribution is 2.17. The fraction of sp³-hybridized carbons (Fsp3) is 0.391. The first-order chi connectivity index (χ1) is 13.6. The summed E-state index contributed by atoms with van der Waals surface area (Å²) in [6, 6.07) is 14.1. The standard InChI is InChI=1S/C23H29N3O2/c1-4-28-15-14-26-21-9-6-5-8-20(21)25-22(26)10-7-13-24-23(27)19-12-11-17(2)16-18(19)3/h5-6,8-9,11-12,16H,4,7,10,13-15H2,1-3H3,(H,24,27). The van der Waals surface area contributed by atoms with Gasteiger partial charge in [0, 0.05) is 31.7 Å². The Balaban J connectivity index is 1.60. The number of carbonyl (C=O) groups is 1. The van der Waals surface area contributed by atoms with Crippen molar-refractivity contribution in [2.75, 3.05) is 19.8 Å². The van der Waals surface area contributed by atoms with Gasteiger partial charge in [-0.2, -0.15) is 0 Å². The van der Waals surface area contributed by atoms with Crippen LogP contribution in [0.3, 0.4) is 0 Å². The van der Waals surface area contributed by atoms with Crippen molar-refractivity contribution in [1.82, 2.24) is 14.9 Å². The Bertz CT molecular complexity index is 946. The maximum atomic E-state index is 12.4. The number of ether oxygens (including phenoxy) is 1. The fourth-order valence-corrected chi connectivity index (χ4v) is 3.48. The molecule has 148 valence electrons. The number of benzene rings is 2. The second kappa shape index (κ2) is 9.51. The molecule has 5 heteroatoms. The maximum Gasteiger partial charge on any atom is 0.251 e. The molecular weight excluding hydrogens is 350 g/mol. The highest BCUT2D eigenvalue weighted by Gasteiger charge is 2.11. The minimum atomic E-state index is -0.0117. The van der Waals surface area contributed by atoms with Gasteiger partial charge in [-0.1, -0.05) is 29.8 Å². The molecule has 1 aromatic heterocycles. The van der Waals surface area contributed by atoms with Crippen molar-refractivity contribution in [1.29, 1.82) is 0 Å². The van der Waals surface area contributed by atoms with Crippen molar-refractivity contribution in [3.63, 3.8) is 0 Å². The Hall–Kier alpha value is -2.66. The van der Waals surface area contributed by atoms with Gasteiger partial charge >= 0.3 is 0 Å². The van der Waals surface area contributed by atoms with E-state index in [1.54, 1.807) is 0 Å². The Morgan fingerprint density at radius 1 is 1.18 bits per heavy atom. The second-order valence-corrected chi connectivity index (χ2v) is 7.04. The van der Waals surface area contributed by atoms with E-state index in [-0.39, 0.29) is 5.91 Å². The first kappa shape index (κ1) is 20.1. The van der Waals surface area contributed by atoms with Gasteiger partial charge in [-0.25, -0.2) is 4.98 Å². The molecule has 1 amide bonds. The van der Waals surface area contributed by atoms with Crippen molar-refractivity contribution in [2.45, 2.75) is 40.2 Å². The van der Waals surface area contributed by atoms with Crippen LogP contribution in [0.2, 0.25) is 0 Å². The summed E-state index contributed by atoms with van der Waals surface area (Å²) in [7, 11) is 0. The lowest BCUT2D eigenvalue weighted by Crippen LogP contribution is -2.25. The molecule has 0 aliphatic carbocycles. The van der Waals surface area contributed by atoms with E-state index in [1.807, 2.05) is 57.2 Å². The molecular formula is C23H29N3O2. The van der Waals surface area contributed by atoms with Gasteiger partial charge < -0.3 is 14.6 Å². The molecule has 2 aromatic carbocycles. The normalized spacial score (nSPS) is 11.1. The molecule has 0 saturated carbocycles. The average Bonchev–Trinajstić information content (AvgIpc) is 3.03. The lowest BCUT2D eigenvalue weighted by atomic mass is 10.1. The molecule has 3 aromatic rings. The van der Waals surface area contributed by atoms with Gasteiger partial charge in [-0.05, 0) is 51.0 Å². The number of hydrogen-bond donors (Lipinski definition) is 1. The van der Waals surface area contributed by atoms with E-state index in [0.717, 1.165) is 47.4 Å². The van der Waals surface area contributed by atoms with Gasteiger partial charge in [0.15, 0.2) is 0 Å². The number of hydrogen-bond acceptors (Lipinski definition) is 3.